The molecule has 0 spiro atoms. The molecule has 0 aliphatic heterocycles. The Kier molecular flexibility index (Phi) is 5.09. The Bertz CT molecular complexity index is 676. The third-order valence-corrected chi connectivity index (χ3v) is 3.72. The van der Waals surface area contributed by atoms with Gasteiger partial charge in [0.2, 0.25) is 0 Å². The molecule has 0 aromatic heterocycles. The van der Waals surface area contributed by atoms with E-state index in [2.05, 4.69) is 21.2 Å². The smallest absolute Gasteiger partial charge is 0.259 e. The Labute approximate surface area is 136 Å². The van der Waals surface area contributed by atoms with Gasteiger partial charge in [0.1, 0.15) is 11.5 Å². The fourth-order valence-electron chi connectivity index (χ4n) is 1.77. The fraction of sp³-hybridized carbons (Fsp3) is 0.133. The van der Waals surface area contributed by atoms with Crippen LogP contribution in [0.3, 0.4) is 0 Å². The second-order valence-corrected chi connectivity index (χ2v) is 5.44. The molecule has 110 valence electrons. The lowest BCUT2D eigenvalue weighted by molar-refractivity contribution is 0.102. The first-order valence-corrected chi connectivity index (χ1v) is 7.20. The van der Waals surface area contributed by atoms with Gasteiger partial charge in [-0.25, -0.2) is 0 Å². The van der Waals surface area contributed by atoms with Crippen LogP contribution >= 0.6 is 27.5 Å². The number of halogens is 2. The lowest BCUT2D eigenvalue weighted by Crippen LogP contribution is -2.13. The largest absolute Gasteiger partial charge is 0.497 e. The van der Waals surface area contributed by atoms with Crippen LogP contribution in [-0.4, -0.2) is 20.1 Å². The van der Waals surface area contributed by atoms with E-state index in [1.807, 2.05) is 0 Å². The normalized spacial score (nSPS) is 10.1. The van der Waals surface area contributed by atoms with E-state index in [9.17, 15) is 4.79 Å². The number of hydrogen-bond acceptors (Lipinski definition) is 3. The average molecular weight is 371 g/mol. The first-order chi connectivity index (χ1) is 10.0. The molecule has 0 unspecified atom stereocenters. The summed E-state index contributed by atoms with van der Waals surface area (Å²) in [6.07, 6.45) is 0. The second kappa shape index (κ2) is 6.83. The molecule has 0 bridgehead atoms. The molecule has 0 heterocycles. The van der Waals surface area contributed by atoms with Crippen molar-refractivity contribution in [1.82, 2.24) is 0 Å². The molecule has 0 saturated carbocycles. The first kappa shape index (κ1) is 15.7. The average Bonchev–Trinajstić information content (AvgIpc) is 2.49. The molecule has 0 fully saturated rings. The molecule has 6 heteroatoms. The number of nitrogens with one attached hydrogen (secondary N) is 1. The summed E-state index contributed by atoms with van der Waals surface area (Å²) in [6, 6.07) is 10.2. The molecular formula is C15H13BrClNO3. The van der Waals surface area contributed by atoms with Gasteiger partial charge < -0.3 is 14.8 Å². The van der Waals surface area contributed by atoms with Crippen LogP contribution in [0.15, 0.2) is 40.9 Å². The summed E-state index contributed by atoms with van der Waals surface area (Å²) < 4.78 is 11.0. The molecule has 0 aliphatic carbocycles. The van der Waals surface area contributed by atoms with E-state index in [1.165, 1.54) is 7.11 Å². The number of amides is 1. The molecule has 1 amide bonds. The highest BCUT2D eigenvalue weighted by atomic mass is 79.9. The van der Waals surface area contributed by atoms with Crippen LogP contribution in [0, 0.1) is 0 Å². The SMILES string of the molecule is COc1ccc(OC)c(C(=O)Nc2ccc(Cl)cc2Br)c1. The van der Waals surface area contributed by atoms with Gasteiger partial charge in [0.15, 0.2) is 0 Å². The van der Waals surface area contributed by atoms with Crippen LogP contribution in [0.1, 0.15) is 10.4 Å². The number of carbonyl (C=O) groups excluding carboxylic acids is 1. The van der Waals surface area contributed by atoms with E-state index < -0.39 is 0 Å². The Morgan fingerprint density at radius 3 is 2.52 bits per heavy atom. The number of rotatable bonds is 4. The molecule has 0 aliphatic rings. The maximum absolute atomic E-state index is 12.4. The zero-order valence-electron chi connectivity index (χ0n) is 11.4. The predicted molar refractivity (Wildman–Crippen MR) is 86.7 cm³/mol. The number of benzene rings is 2. The number of carbonyl (C=O) groups is 1. The third-order valence-electron chi connectivity index (χ3n) is 2.83. The quantitative estimate of drug-likeness (QED) is 0.869. The van der Waals surface area contributed by atoms with Crippen LogP contribution in [0.4, 0.5) is 5.69 Å². The van der Waals surface area contributed by atoms with Gasteiger partial charge >= 0.3 is 0 Å². The summed E-state index contributed by atoms with van der Waals surface area (Å²) in [5, 5.41) is 3.38. The number of hydrogen-bond donors (Lipinski definition) is 1. The van der Waals surface area contributed by atoms with Crippen molar-refractivity contribution >= 4 is 39.1 Å². The van der Waals surface area contributed by atoms with Crippen molar-refractivity contribution < 1.29 is 14.3 Å². The molecule has 4 nitrogen and oxygen atoms in total. The van der Waals surface area contributed by atoms with Gasteiger partial charge in [0.05, 0.1) is 25.5 Å². The maximum atomic E-state index is 12.4. The first-order valence-electron chi connectivity index (χ1n) is 6.03. The lowest BCUT2D eigenvalue weighted by Gasteiger charge is -2.12. The highest BCUT2D eigenvalue weighted by Gasteiger charge is 2.15. The van der Waals surface area contributed by atoms with E-state index in [-0.39, 0.29) is 5.91 Å². The number of anilines is 1. The predicted octanol–water partition coefficient (Wildman–Crippen LogP) is 4.37. The minimum atomic E-state index is -0.297. The highest BCUT2D eigenvalue weighted by Crippen LogP contribution is 2.28. The van der Waals surface area contributed by atoms with Crippen molar-refractivity contribution in [2.24, 2.45) is 0 Å². The van der Waals surface area contributed by atoms with Crippen LogP contribution < -0.4 is 14.8 Å². The zero-order chi connectivity index (χ0) is 15.4. The highest BCUT2D eigenvalue weighted by molar-refractivity contribution is 9.10. The third kappa shape index (κ3) is 3.68. The number of methoxy groups -OCH3 is 2. The lowest BCUT2D eigenvalue weighted by atomic mass is 10.1. The summed E-state index contributed by atoms with van der Waals surface area (Å²) in [6.45, 7) is 0. The standard InChI is InChI=1S/C15H13BrClNO3/c1-20-10-4-6-14(21-2)11(8-10)15(19)18-13-5-3-9(17)7-12(13)16/h3-8H,1-2H3,(H,18,19). The van der Waals surface area contributed by atoms with Crippen molar-refractivity contribution in [3.63, 3.8) is 0 Å². The monoisotopic (exact) mass is 369 g/mol. The van der Waals surface area contributed by atoms with Crippen LogP contribution in [-0.2, 0) is 0 Å². The molecule has 21 heavy (non-hydrogen) atoms. The molecule has 0 saturated heterocycles. The van der Waals surface area contributed by atoms with Crippen molar-refractivity contribution in [2.45, 2.75) is 0 Å². The van der Waals surface area contributed by atoms with Gasteiger partial charge in [-0.2, -0.15) is 0 Å². The Morgan fingerprint density at radius 1 is 1.14 bits per heavy atom. The van der Waals surface area contributed by atoms with Gasteiger partial charge in [-0.1, -0.05) is 11.6 Å². The van der Waals surface area contributed by atoms with Crippen LogP contribution in [0.2, 0.25) is 5.02 Å². The minimum absolute atomic E-state index is 0.297. The van der Waals surface area contributed by atoms with Crippen molar-refractivity contribution in [2.75, 3.05) is 19.5 Å². The van der Waals surface area contributed by atoms with E-state index in [1.54, 1.807) is 43.5 Å². The van der Waals surface area contributed by atoms with Gasteiger partial charge in [0, 0.05) is 9.50 Å². The van der Waals surface area contributed by atoms with Gasteiger partial charge in [-0.05, 0) is 52.3 Å². The maximum Gasteiger partial charge on any atom is 0.259 e. The van der Waals surface area contributed by atoms with Crippen molar-refractivity contribution in [3.05, 3.63) is 51.5 Å². The Hall–Kier alpha value is -1.72. The summed E-state index contributed by atoms with van der Waals surface area (Å²) in [7, 11) is 3.05. The minimum Gasteiger partial charge on any atom is -0.497 e. The van der Waals surface area contributed by atoms with Crippen LogP contribution in [0.25, 0.3) is 0 Å². The zero-order valence-corrected chi connectivity index (χ0v) is 13.8. The molecule has 0 radical (unpaired) electrons. The number of ether oxygens (including phenoxy) is 2. The van der Waals surface area contributed by atoms with Gasteiger partial charge in [0.25, 0.3) is 5.91 Å². The summed E-state index contributed by atoms with van der Waals surface area (Å²) in [5.41, 5.74) is 1.01. The summed E-state index contributed by atoms with van der Waals surface area (Å²) in [5.74, 6) is 0.753. The van der Waals surface area contributed by atoms with E-state index in [4.69, 9.17) is 21.1 Å². The summed E-state index contributed by atoms with van der Waals surface area (Å²) >= 11 is 9.24. The van der Waals surface area contributed by atoms with Crippen molar-refractivity contribution in [3.8, 4) is 11.5 Å². The molecule has 2 aromatic carbocycles. The van der Waals surface area contributed by atoms with Crippen LogP contribution in [0.5, 0.6) is 11.5 Å². The molecule has 1 N–H and O–H groups in total. The van der Waals surface area contributed by atoms with E-state index in [0.717, 1.165) is 0 Å². The van der Waals surface area contributed by atoms with Crippen molar-refractivity contribution in [1.29, 1.82) is 0 Å². The van der Waals surface area contributed by atoms with Gasteiger partial charge in [-0.3, -0.25) is 4.79 Å². The Morgan fingerprint density at radius 2 is 1.90 bits per heavy atom. The molecule has 2 aromatic rings. The summed E-state index contributed by atoms with van der Waals surface area (Å²) in [4.78, 5) is 12.4. The molecular weight excluding hydrogens is 358 g/mol. The van der Waals surface area contributed by atoms with Gasteiger partial charge in [-0.15, -0.1) is 0 Å². The topological polar surface area (TPSA) is 47.6 Å². The second-order valence-electron chi connectivity index (χ2n) is 4.14. The van der Waals surface area contributed by atoms with E-state index in [0.29, 0.717) is 32.2 Å². The molecule has 0 atom stereocenters. The van der Waals surface area contributed by atoms with E-state index >= 15 is 0 Å². The Balaban J connectivity index is 2.31. The fourth-order valence-corrected chi connectivity index (χ4v) is 2.55. The molecule has 2 rings (SSSR count).